The molecule has 88 valence electrons. The molecule has 7 nitrogen and oxygen atoms in total. The molecule has 0 aliphatic rings. The van der Waals surface area contributed by atoms with E-state index in [1.165, 1.54) is 0 Å². The molecule has 4 heterocycles. The summed E-state index contributed by atoms with van der Waals surface area (Å²) in [5.74, 6) is 0.922. The molecular formula is C11H9N7. The fourth-order valence-corrected chi connectivity index (χ4v) is 2.30. The van der Waals surface area contributed by atoms with E-state index in [2.05, 4.69) is 25.5 Å². The van der Waals surface area contributed by atoms with Gasteiger partial charge in [-0.3, -0.25) is 0 Å². The topological polar surface area (TPSA) is 73.8 Å². The second kappa shape index (κ2) is 3.00. The van der Waals surface area contributed by atoms with Crippen LogP contribution in [0.2, 0.25) is 0 Å². The van der Waals surface area contributed by atoms with E-state index in [0.717, 1.165) is 27.9 Å². The minimum absolute atomic E-state index is 0.639. The molecule has 0 amide bonds. The Hall–Kier alpha value is -2.57. The van der Waals surface area contributed by atoms with Crippen molar-refractivity contribution in [3.8, 4) is 0 Å². The molecule has 0 bridgehead atoms. The molecule has 0 atom stereocenters. The minimum atomic E-state index is 0.639. The van der Waals surface area contributed by atoms with Gasteiger partial charge in [-0.1, -0.05) is 0 Å². The molecule has 0 saturated carbocycles. The van der Waals surface area contributed by atoms with Gasteiger partial charge in [-0.05, 0) is 29.5 Å². The summed E-state index contributed by atoms with van der Waals surface area (Å²) in [4.78, 5) is 8.90. The maximum absolute atomic E-state index is 4.54. The lowest BCUT2D eigenvalue weighted by molar-refractivity contribution is 0.835. The smallest absolute Gasteiger partial charge is 0.209 e. The average Bonchev–Trinajstić information content (AvgIpc) is 2.96. The monoisotopic (exact) mass is 239 g/mol. The fraction of sp³-hybridized carbons (Fsp3) is 0.182. The third-order valence-corrected chi connectivity index (χ3v) is 3.24. The molecule has 4 rings (SSSR count). The lowest BCUT2D eigenvalue weighted by atomic mass is 10.2. The van der Waals surface area contributed by atoms with Crippen molar-refractivity contribution in [1.82, 2.24) is 34.6 Å². The van der Waals surface area contributed by atoms with Gasteiger partial charge in [0.25, 0.3) is 0 Å². The van der Waals surface area contributed by atoms with Crippen LogP contribution in [0.15, 0.2) is 18.3 Å². The Bertz CT molecular complexity index is 902. The summed E-state index contributed by atoms with van der Waals surface area (Å²) < 4.78 is 3.66. The highest BCUT2D eigenvalue weighted by atomic mass is 15.5. The first-order valence-electron chi connectivity index (χ1n) is 5.55. The first kappa shape index (κ1) is 9.46. The summed E-state index contributed by atoms with van der Waals surface area (Å²) in [6, 6.07) is 3.91. The summed E-state index contributed by atoms with van der Waals surface area (Å²) >= 11 is 0. The van der Waals surface area contributed by atoms with E-state index >= 15 is 0 Å². The molecular weight excluding hydrogens is 230 g/mol. The van der Waals surface area contributed by atoms with Crippen molar-refractivity contribution in [2.24, 2.45) is 7.05 Å². The van der Waals surface area contributed by atoms with Crippen molar-refractivity contribution in [3.05, 3.63) is 24.2 Å². The number of hydrogen-bond donors (Lipinski definition) is 0. The number of tetrazole rings is 1. The highest BCUT2D eigenvalue weighted by Crippen LogP contribution is 2.26. The van der Waals surface area contributed by atoms with Gasteiger partial charge in [0.05, 0.1) is 5.52 Å². The molecule has 0 radical (unpaired) electrons. The number of aryl methyl sites for hydroxylation is 2. The van der Waals surface area contributed by atoms with Crippen LogP contribution in [0.4, 0.5) is 0 Å². The molecule has 4 aromatic heterocycles. The van der Waals surface area contributed by atoms with Crippen LogP contribution < -0.4 is 0 Å². The number of pyridine rings is 2. The lowest BCUT2D eigenvalue weighted by Crippen LogP contribution is -1.97. The van der Waals surface area contributed by atoms with Gasteiger partial charge in [-0.2, -0.15) is 4.52 Å². The Balaban J connectivity index is 2.48. The van der Waals surface area contributed by atoms with Crippen LogP contribution in [-0.2, 0) is 7.05 Å². The van der Waals surface area contributed by atoms with Crippen molar-refractivity contribution in [3.63, 3.8) is 0 Å². The van der Waals surface area contributed by atoms with Crippen molar-refractivity contribution in [2.45, 2.75) is 6.92 Å². The number of nitrogens with zero attached hydrogens (tertiary/aromatic N) is 7. The van der Waals surface area contributed by atoms with Gasteiger partial charge in [0, 0.05) is 18.6 Å². The van der Waals surface area contributed by atoms with Gasteiger partial charge in [0.1, 0.15) is 11.3 Å². The molecule has 0 aromatic carbocycles. The predicted molar refractivity (Wildman–Crippen MR) is 65.1 cm³/mol. The maximum Gasteiger partial charge on any atom is 0.209 e. The number of rotatable bonds is 0. The van der Waals surface area contributed by atoms with E-state index in [-0.39, 0.29) is 0 Å². The lowest BCUT2D eigenvalue weighted by Gasteiger charge is -2.02. The number of hydrogen-bond acceptors (Lipinski definition) is 5. The van der Waals surface area contributed by atoms with E-state index in [9.17, 15) is 0 Å². The van der Waals surface area contributed by atoms with Gasteiger partial charge in [0.15, 0.2) is 5.65 Å². The van der Waals surface area contributed by atoms with Crippen molar-refractivity contribution < 1.29 is 0 Å². The number of fused-ring (bicyclic) bond motifs is 6. The van der Waals surface area contributed by atoms with Gasteiger partial charge in [-0.15, -0.1) is 5.10 Å². The van der Waals surface area contributed by atoms with Crippen LogP contribution in [0.1, 0.15) is 5.82 Å². The van der Waals surface area contributed by atoms with E-state index < -0.39 is 0 Å². The van der Waals surface area contributed by atoms with E-state index in [1.807, 2.05) is 30.7 Å². The largest absolute Gasteiger partial charge is 0.331 e. The van der Waals surface area contributed by atoms with Gasteiger partial charge in [0.2, 0.25) is 5.65 Å². The Labute approximate surface area is 101 Å². The third kappa shape index (κ3) is 0.963. The standard InChI is InChI=1S/C11H9N7/c1-6-13-8-9(17(6)2)7-4-3-5-12-10(7)18-11(8)14-15-16-18/h3-5H,1-2H3. The Morgan fingerprint density at radius 3 is 3.00 bits per heavy atom. The summed E-state index contributed by atoms with van der Waals surface area (Å²) in [5, 5.41) is 12.7. The average molecular weight is 239 g/mol. The van der Waals surface area contributed by atoms with Crippen LogP contribution in [0.3, 0.4) is 0 Å². The van der Waals surface area contributed by atoms with E-state index in [1.54, 1.807) is 10.7 Å². The molecule has 0 aliphatic carbocycles. The zero-order valence-electron chi connectivity index (χ0n) is 9.86. The van der Waals surface area contributed by atoms with E-state index in [4.69, 9.17) is 0 Å². The maximum atomic E-state index is 4.54. The van der Waals surface area contributed by atoms with Crippen LogP contribution in [0.5, 0.6) is 0 Å². The van der Waals surface area contributed by atoms with Crippen LogP contribution >= 0.6 is 0 Å². The quantitative estimate of drug-likeness (QED) is 0.455. The van der Waals surface area contributed by atoms with E-state index in [0.29, 0.717) is 5.65 Å². The van der Waals surface area contributed by atoms with Gasteiger partial charge >= 0.3 is 0 Å². The summed E-state index contributed by atoms with van der Waals surface area (Å²) in [6.45, 7) is 1.96. The molecule has 0 N–H and O–H groups in total. The second-order valence-electron chi connectivity index (χ2n) is 4.20. The zero-order valence-corrected chi connectivity index (χ0v) is 9.86. The van der Waals surface area contributed by atoms with Gasteiger partial charge < -0.3 is 4.57 Å². The SMILES string of the molecule is Cc1nc2c(c3cccnc3n3nnnc23)n1C. The highest BCUT2D eigenvalue weighted by molar-refractivity contribution is 6.06. The summed E-state index contributed by atoms with van der Waals surface area (Å²) in [7, 11) is 1.98. The molecule has 0 fully saturated rings. The molecule has 7 heteroatoms. The van der Waals surface area contributed by atoms with Crippen molar-refractivity contribution in [1.29, 1.82) is 0 Å². The Morgan fingerprint density at radius 2 is 2.11 bits per heavy atom. The molecule has 4 aromatic rings. The first-order chi connectivity index (χ1) is 8.77. The molecule has 0 saturated heterocycles. The summed E-state index contributed by atoms with van der Waals surface area (Å²) in [6.07, 6.45) is 1.73. The zero-order chi connectivity index (χ0) is 12.3. The number of imidazole rings is 1. The van der Waals surface area contributed by atoms with Crippen LogP contribution in [0.25, 0.3) is 27.7 Å². The molecule has 0 aliphatic heterocycles. The van der Waals surface area contributed by atoms with Crippen LogP contribution in [-0.4, -0.2) is 34.6 Å². The molecule has 0 spiro atoms. The molecule has 0 unspecified atom stereocenters. The highest BCUT2D eigenvalue weighted by Gasteiger charge is 2.16. The Morgan fingerprint density at radius 1 is 1.22 bits per heavy atom. The molecule has 18 heavy (non-hydrogen) atoms. The predicted octanol–water partition coefficient (Wildman–Crippen LogP) is 0.868. The summed E-state index contributed by atoms with van der Waals surface area (Å²) in [5.41, 5.74) is 3.20. The van der Waals surface area contributed by atoms with Crippen molar-refractivity contribution >= 4 is 27.7 Å². The number of aromatic nitrogens is 7. The fourth-order valence-electron chi connectivity index (χ4n) is 2.30. The van der Waals surface area contributed by atoms with Crippen molar-refractivity contribution in [2.75, 3.05) is 0 Å². The normalized spacial score (nSPS) is 11.9. The Kier molecular flexibility index (Phi) is 1.58. The minimum Gasteiger partial charge on any atom is -0.331 e. The van der Waals surface area contributed by atoms with Gasteiger partial charge in [-0.25, -0.2) is 9.97 Å². The second-order valence-corrected chi connectivity index (χ2v) is 4.20. The first-order valence-corrected chi connectivity index (χ1v) is 5.55. The van der Waals surface area contributed by atoms with Crippen LogP contribution in [0, 0.1) is 6.92 Å². The third-order valence-electron chi connectivity index (χ3n) is 3.24.